The molecular weight excluding hydrogens is 621 g/mol. The largest absolute Gasteiger partial charge is 0.256 e. The van der Waals surface area contributed by atoms with Gasteiger partial charge >= 0.3 is 0 Å². The summed E-state index contributed by atoms with van der Waals surface area (Å²) in [5, 5.41) is 6.43. The molecule has 48 heavy (non-hydrogen) atoms. The lowest BCUT2D eigenvalue weighted by Crippen LogP contribution is -1.99. The SMILES string of the molecule is C1=C(c2ccc(-c3ccc4cc(-c5ccc(-c6cccc7c6sc6ccccc67)nc5)ccc4c3)cn2)c2sc3ccccc3c2CC1. The average molecular weight is 649 g/mol. The summed E-state index contributed by atoms with van der Waals surface area (Å²) in [6.07, 6.45) is 8.56. The molecule has 0 fully saturated rings. The maximum atomic E-state index is 4.97. The van der Waals surface area contributed by atoms with Gasteiger partial charge in [-0.25, -0.2) is 0 Å². The normalized spacial score (nSPS) is 13.0. The zero-order valence-corrected chi connectivity index (χ0v) is 27.6. The van der Waals surface area contributed by atoms with Crippen LogP contribution in [0.2, 0.25) is 0 Å². The molecule has 1 aliphatic carbocycles. The smallest absolute Gasteiger partial charge is 0.0716 e. The summed E-state index contributed by atoms with van der Waals surface area (Å²) in [6.45, 7) is 0. The van der Waals surface area contributed by atoms with E-state index in [-0.39, 0.29) is 0 Å². The lowest BCUT2D eigenvalue weighted by atomic mass is 9.93. The fourth-order valence-electron chi connectivity index (χ4n) is 7.24. The van der Waals surface area contributed by atoms with E-state index in [2.05, 4.69) is 133 Å². The molecule has 0 atom stereocenters. The predicted molar refractivity (Wildman–Crippen MR) is 206 cm³/mol. The average Bonchev–Trinajstić information content (AvgIpc) is 3.73. The van der Waals surface area contributed by atoms with Gasteiger partial charge in [0.25, 0.3) is 0 Å². The molecule has 0 bridgehead atoms. The van der Waals surface area contributed by atoms with E-state index in [9.17, 15) is 0 Å². The van der Waals surface area contributed by atoms with Crippen LogP contribution in [0.5, 0.6) is 0 Å². The van der Waals surface area contributed by atoms with Crippen molar-refractivity contribution in [2.45, 2.75) is 12.8 Å². The van der Waals surface area contributed by atoms with E-state index in [0.717, 1.165) is 35.4 Å². The van der Waals surface area contributed by atoms with E-state index in [1.807, 2.05) is 35.1 Å². The van der Waals surface area contributed by atoms with Gasteiger partial charge in [-0.1, -0.05) is 97.1 Å². The van der Waals surface area contributed by atoms with Crippen LogP contribution in [0, 0.1) is 0 Å². The van der Waals surface area contributed by atoms with Crippen LogP contribution in [-0.4, -0.2) is 9.97 Å². The van der Waals surface area contributed by atoms with Crippen LogP contribution in [0.25, 0.3) is 80.1 Å². The highest BCUT2D eigenvalue weighted by molar-refractivity contribution is 7.26. The Kier molecular flexibility index (Phi) is 6.39. The van der Waals surface area contributed by atoms with Gasteiger partial charge in [-0.05, 0) is 82.1 Å². The van der Waals surface area contributed by atoms with Gasteiger partial charge in [0.2, 0.25) is 0 Å². The second-order valence-corrected chi connectivity index (χ2v) is 14.6. The molecule has 9 aromatic rings. The molecule has 0 unspecified atom stereocenters. The maximum absolute atomic E-state index is 4.97. The predicted octanol–water partition coefficient (Wildman–Crippen LogP) is 12.6. The fraction of sp³-hybridized carbons (Fsp3) is 0.0455. The number of benzene rings is 5. The zero-order valence-electron chi connectivity index (χ0n) is 26.0. The second kappa shape index (κ2) is 11.1. The summed E-state index contributed by atoms with van der Waals surface area (Å²) >= 11 is 3.74. The van der Waals surface area contributed by atoms with Crippen molar-refractivity contribution in [1.82, 2.24) is 9.97 Å². The summed E-state index contributed by atoms with van der Waals surface area (Å²) in [7, 11) is 0. The van der Waals surface area contributed by atoms with Gasteiger partial charge in [0.1, 0.15) is 0 Å². The first-order valence-corrected chi connectivity index (χ1v) is 18.0. The third kappa shape index (κ3) is 4.52. The number of aryl methyl sites for hydroxylation is 1. The molecule has 0 saturated carbocycles. The van der Waals surface area contributed by atoms with E-state index < -0.39 is 0 Å². The van der Waals surface area contributed by atoms with Crippen LogP contribution in [0.15, 0.2) is 146 Å². The quantitative estimate of drug-likeness (QED) is 0.190. The van der Waals surface area contributed by atoms with Crippen molar-refractivity contribution in [2.75, 3.05) is 0 Å². The molecule has 4 heterocycles. The van der Waals surface area contributed by atoms with Crippen LogP contribution in [0.3, 0.4) is 0 Å². The molecule has 4 heteroatoms. The van der Waals surface area contributed by atoms with Crippen LogP contribution in [0.1, 0.15) is 22.6 Å². The highest BCUT2D eigenvalue weighted by atomic mass is 32.1. The van der Waals surface area contributed by atoms with E-state index >= 15 is 0 Å². The third-order valence-corrected chi connectivity index (χ3v) is 12.1. The van der Waals surface area contributed by atoms with Gasteiger partial charge < -0.3 is 0 Å². The van der Waals surface area contributed by atoms with Crippen LogP contribution in [0.4, 0.5) is 0 Å². The highest BCUT2D eigenvalue weighted by Gasteiger charge is 2.20. The number of aromatic nitrogens is 2. The molecular formula is C44H28N2S2. The van der Waals surface area contributed by atoms with E-state index in [1.165, 1.54) is 73.7 Å². The molecule has 0 N–H and O–H groups in total. The number of nitrogens with zero attached hydrogens (tertiary/aromatic N) is 2. The highest BCUT2D eigenvalue weighted by Crippen LogP contribution is 2.42. The van der Waals surface area contributed by atoms with Crippen molar-refractivity contribution in [3.63, 3.8) is 0 Å². The lowest BCUT2D eigenvalue weighted by molar-refractivity contribution is 0.995. The molecule has 4 aromatic heterocycles. The number of pyridine rings is 2. The third-order valence-electron chi connectivity index (χ3n) is 9.68. The van der Waals surface area contributed by atoms with Crippen molar-refractivity contribution in [3.05, 3.63) is 162 Å². The number of allylic oxidation sites excluding steroid dienone is 1. The van der Waals surface area contributed by atoms with Gasteiger partial charge in [0, 0.05) is 64.4 Å². The molecule has 0 radical (unpaired) electrons. The summed E-state index contributed by atoms with van der Waals surface area (Å²) in [5.41, 5.74) is 10.6. The standard InChI is InChI=1S/C44H28N2S2/c1-3-13-41-33(7-1)35-9-5-11-37(43(35)47-41)39-21-19-31(25-45-39)29-17-15-28-24-30(18-16-27(28)23-29)32-20-22-40(46-26-32)38-12-6-10-36-34-8-2-4-14-42(34)48-44(36)38/h1-5,7-9,11-26H,6,10H2. The van der Waals surface area contributed by atoms with Crippen molar-refractivity contribution in [1.29, 1.82) is 0 Å². The Morgan fingerprint density at radius 1 is 0.500 bits per heavy atom. The number of fused-ring (bicyclic) bond motifs is 7. The van der Waals surface area contributed by atoms with Crippen molar-refractivity contribution >= 4 is 69.3 Å². The molecule has 2 nitrogen and oxygen atoms in total. The summed E-state index contributed by atoms with van der Waals surface area (Å²) < 4.78 is 3.97. The molecule has 0 amide bonds. The van der Waals surface area contributed by atoms with Crippen molar-refractivity contribution in [3.8, 4) is 33.5 Å². The van der Waals surface area contributed by atoms with Gasteiger partial charge in [-0.2, -0.15) is 0 Å². The van der Waals surface area contributed by atoms with E-state index in [0.29, 0.717) is 0 Å². The second-order valence-electron chi connectivity index (χ2n) is 12.5. The molecule has 226 valence electrons. The van der Waals surface area contributed by atoms with Crippen LogP contribution < -0.4 is 0 Å². The van der Waals surface area contributed by atoms with E-state index in [4.69, 9.17) is 9.97 Å². The summed E-state index contributed by atoms with van der Waals surface area (Å²) in [5.74, 6) is 0. The van der Waals surface area contributed by atoms with Gasteiger partial charge in [-0.3, -0.25) is 9.97 Å². The van der Waals surface area contributed by atoms with Gasteiger partial charge in [0.05, 0.1) is 11.4 Å². The molecule has 0 spiro atoms. The first-order valence-electron chi connectivity index (χ1n) is 16.4. The summed E-state index contributed by atoms with van der Waals surface area (Å²) in [6, 6.07) is 46.1. The van der Waals surface area contributed by atoms with Crippen LogP contribution in [-0.2, 0) is 6.42 Å². The first-order chi connectivity index (χ1) is 23.8. The molecule has 1 aliphatic rings. The van der Waals surface area contributed by atoms with Crippen LogP contribution >= 0.6 is 22.7 Å². The minimum Gasteiger partial charge on any atom is -0.256 e. The zero-order chi connectivity index (χ0) is 31.6. The number of hydrogen-bond donors (Lipinski definition) is 0. The molecule has 5 aromatic carbocycles. The lowest BCUT2D eigenvalue weighted by Gasteiger charge is -2.14. The Morgan fingerprint density at radius 2 is 1.12 bits per heavy atom. The molecule has 10 rings (SSSR count). The molecule has 0 aliphatic heterocycles. The van der Waals surface area contributed by atoms with Crippen molar-refractivity contribution in [2.24, 2.45) is 0 Å². The minimum absolute atomic E-state index is 1.00. The first kappa shape index (κ1) is 27.7. The number of rotatable bonds is 4. The monoisotopic (exact) mass is 648 g/mol. The fourth-order valence-corrected chi connectivity index (χ4v) is 9.77. The number of hydrogen-bond acceptors (Lipinski definition) is 4. The molecule has 0 saturated heterocycles. The Hall–Kier alpha value is -5.42. The van der Waals surface area contributed by atoms with Crippen molar-refractivity contribution < 1.29 is 0 Å². The topological polar surface area (TPSA) is 25.8 Å². The minimum atomic E-state index is 1.00. The number of thiophene rings is 2. The maximum Gasteiger partial charge on any atom is 0.0716 e. The summed E-state index contributed by atoms with van der Waals surface area (Å²) in [4.78, 5) is 11.3. The Balaban J connectivity index is 0.920. The van der Waals surface area contributed by atoms with Gasteiger partial charge in [0.15, 0.2) is 0 Å². The van der Waals surface area contributed by atoms with Gasteiger partial charge in [-0.15, -0.1) is 22.7 Å². The van der Waals surface area contributed by atoms with E-state index in [1.54, 1.807) is 0 Å². The Labute approximate surface area is 286 Å². The Morgan fingerprint density at radius 3 is 1.83 bits per heavy atom. The Bertz CT molecular complexity index is 2710.